The van der Waals surface area contributed by atoms with E-state index in [0.717, 1.165) is 0 Å². The summed E-state index contributed by atoms with van der Waals surface area (Å²) in [6, 6.07) is 1.72. The Bertz CT molecular complexity index is 533. The lowest BCUT2D eigenvalue weighted by atomic mass is 10.2. The van der Waals surface area contributed by atoms with Crippen molar-refractivity contribution in [2.45, 2.75) is 12.5 Å². The van der Waals surface area contributed by atoms with Gasteiger partial charge in [-0.2, -0.15) is 0 Å². The predicted molar refractivity (Wildman–Crippen MR) is 71.7 cm³/mol. The van der Waals surface area contributed by atoms with Gasteiger partial charge in [0.2, 0.25) is 5.91 Å². The topological polar surface area (TPSA) is 104 Å². The first-order valence-corrected chi connectivity index (χ1v) is 5.93. The molecule has 0 unspecified atom stereocenters. The maximum atomic E-state index is 13.7. The van der Waals surface area contributed by atoms with Gasteiger partial charge in [0.15, 0.2) is 5.82 Å². The van der Waals surface area contributed by atoms with Crippen molar-refractivity contribution < 1.29 is 9.18 Å². The van der Waals surface area contributed by atoms with Gasteiger partial charge in [-0.15, -0.1) is 0 Å². The molecule has 1 aromatic rings. The second-order valence-electron chi connectivity index (χ2n) is 3.56. The highest BCUT2D eigenvalue weighted by atomic mass is 35.5. The molecule has 0 heterocycles. The van der Waals surface area contributed by atoms with Crippen molar-refractivity contribution in [2.24, 2.45) is 10.8 Å². The zero-order valence-corrected chi connectivity index (χ0v) is 11.1. The van der Waals surface area contributed by atoms with E-state index >= 15 is 0 Å². The quantitative estimate of drug-likeness (QED) is 0.377. The molecule has 0 saturated carbocycles. The maximum absolute atomic E-state index is 13.7. The average Bonchev–Trinajstić information content (AvgIpc) is 2.39. The van der Waals surface area contributed by atoms with Crippen LogP contribution in [0.3, 0.4) is 0 Å². The number of carbonyl (C=O) groups excluding carboxylic acids is 1. The average molecular weight is 306 g/mol. The maximum Gasteiger partial charge on any atom is 0.241 e. The van der Waals surface area contributed by atoms with Crippen molar-refractivity contribution in [3.05, 3.63) is 38.4 Å². The third-order valence-electron chi connectivity index (χ3n) is 2.23. The Labute approximate surface area is 118 Å². The van der Waals surface area contributed by atoms with Gasteiger partial charge in [-0.3, -0.25) is 4.79 Å². The van der Waals surface area contributed by atoms with Crippen LogP contribution >= 0.6 is 23.2 Å². The van der Waals surface area contributed by atoms with Crippen LogP contribution in [0.5, 0.6) is 0 Å². The third kappa shape index (κ3) is 4.25. The first kappa shape index (κ1) is 15.5. The van der Waals surface area contributed by atoms with Crippen molar-refractivity contribution in [3.63, 3.8) is 0 Å². The van der Waals surface area contributed by atoms with Crippen LogP contribution in [-0.4, -0.2) is 18.5 Å². The molecule has 1 amide bonds. The fraction of sp³-hybridized carbons (Fsp3) is 0.300. The van der Waals surface area contributed by atoms with Crippen LogP contribution in [-0.2, 0) is 4.79 Å². The lowest BCUT2D eigenvalue weighted by Crippen LogP contribution is -2.36. The second-order valence-corrected chi connectivity index (χ2v) is 4.35. The monoisotopic (exact) mass is 305 g/mol. The molecular weight excluding hydrogens is 296 g/mol. The lowest BCUT2D eigenvalue weighted by Gasteiger charge is -2.12. The highest BCUT2D eigenvalue weighted by molar-refractivity contribution is 6.42. The molecule has 19 heavy (non-hydrogen) atoms. The molecule has 0 aliphatic heterocycles. The molecule has 0 aromatic heterocycles. The Kier molecular flexibility index (Phi) is 5.85. The molecule has 102 valence electrons. The largest absolute Gasteiger partial charge is 0.322 e. The molecule has 0 bridgehead atoms. The smallest absolute Gasteiger partial charge is 0.241 e. The van der Waals surface area contributed by atoms with Crippen molar-refractivity contribution >= 4 is 34.8 Å². The minimum absolute atomic E-state index is 0.0461. The fourth-order valence-electron chi connectivity index (χ4n) is 1.22. The summed E-state index contributed by atoms with van der Waals surface area (Å²) in [7, 11) is 0. The molecule has 3 N–H and O–H groups in total. The van der Waals surface area contributed by atoms with Gasteiger partial charge >= 0.3 is 0 Å². The van der Waals surface area contributed by atoms with Crippen LogP contribution in [0, 0.1) is 5.82 Å². The van der Waals surface area contributed by atoms with E-state index in [9.17, 15) is 9.18 Å². The summed E-state index contributed by atoms with van der Waals surface area (Å²) in [6.45, 7) is 0.0783. The minimum atomic E-state index is -0.917. The van der Waals surface area contributed by atoms with Gasteiger partial charge in [0.05, 0.1) is 21.8 Å². The summed E-state index contributed by atoms with van der Waals surface area (Å²) in [4.78, 5) is 14.2. The number of hydrogen-bond acceptors (Lipinski definition) is 3. The van der Waals surface area contributed by atoms with E-state index in [1.54, 1.807) is 0 Å². The number of anilines is 1. The number of halogens is 3. The minimum Gasteiger partial charge on any atom is -0.322 e. The van der Waals surface area contributed by atoms with Gasteiger partial charge in [0.1, 0.15) is 0 Å². The summed E-state index contributed by atoms with van der Waals surface area (Å²) in [5.74, 6) is -1.44. The first-order chi connectivity index (χ1) is 8.97. The Hall–Kier alpha value is -1.53. The molecule has 6 nitrogen and oxygen atoms in total. The zero-order chi connectivity index (χ0) is 14.4. The van der Waals surface area contributed by atoms with E-state index in [0.29, 0.717) is 0 Å². The van der Waals surface area contributed by atoms with E-state index in [1.165, 1.54) is 12.1 Å². The van der Waals surface area contributed by atoms with Crippen LogP contribution in [0.4, 0.5) is 10.1 Å². The number of nitrogens with zero attached hydrogens (tertiary/aromatic N) is 3. The highest BCUT2D eigenvalue weighted by Gasteiger charge is 2.17. The zero-order valence-electron chi connectivity index (χ0n) is 9.61. The van der Waals surface area contributed by atoms with Crippen LogP contribution in [0.1, 0.15) is 6.42 Å². The number of hydrogen-bond donors (Lipinski definition) is 2. The van der Waals surface area contributed by atoms with Crippen molar-refractivity contribution in [2.75, 3.05) is 11.9 Å². The Morgan fingerprint density at radius 3 is 2.89 bits per heavy atom. The molecule has 0 radical (unpaired) electrons. The van der Waals surface area contributed by atoms with E-state index in [-0.39, 0.29) is 28.7 Å². The SMILES string of the molecule is [N-]=[N+]=NCC[C@H](N)C(=O)Nc1ccc(Cl)c(Cl)c1F. The molecular formula is C10H10Cl2FN5O. The molecule has 0 aliphatic rings. The molecule has 1 aromatic carbocycles. The van der Waals surface area contributed by atoms with Gasteiger partial charge in [-0.1, -0.05) is 28.3 Å². The summed E-state index contributed by atoms with van der Waals surface area (Å²) in [5, 5.41) is 5.31. The van der Waals surface area contributed by atoms with Gasteiger partial charge in [-0.25, -0.2) is 4.39 Å². The second kappa shape index (κ2) is 7.16. The molecule has 0 saturated heterocycles. The molecule has 0 spiro atoms. The highest BCUT2D eigenvalue weighted by Crippen LogP contribution is 2.29. The molecule has 1 atom stereocenters. The number of nitrogens with one attached hydrogen (secondary N) is 1. The number of carbonyl (C=O) groups is 1. The lowest BCUT2D eigenvalue weighted by molar-refractivity contribution is -0.117. The number of rotatable bonds is 5. The first-order valence-electron chi connectivity index (χ1n) is 5.18. The van der Waals surface area contributed by atoms with Crippen molar-refractivity contribution in [1.29, 1.82) is 0 Å². The Balaban J connectivity index is 2.71. The van der Waals surface area contributed by atoms with Crippen LogP contribution in [0.2, 0.25) is 10.0 Å². The van der Waals surface area contributed by atoms with Crippen molar-refractivity contribution in [3.8, 4) is 0 Å². The Morgan fingerprint density at radius 2 is 2.26 bits per heavy atom. The Morgan fingerprint density at radius 1 is 1.58 bits per heavy atom. The van der Waals surface area contributed by atoms with E-state index in [2.05, 4.69) is 15.3 Å². The van der Waals surface area contributed by atoms with E-state index < -0.39 is 17.8 Å². The molecule has 1 rings (SSSR count). The van der Waals surface area contributed by atoms with Gasteiger partial charge in [0.25, 0.3) is 0 Å². The van der Waals surface area contributed by atoms with Crippen LogP contribution < -0.4 is 11.1 Å². The van der Waals surface area contributed by atoms with Gasteiger partial charge in [-0.05, 0) is 24.1 Å². The molecule has 0 aliphatic carbocycles. The summed E-state index contributed by atoms with van der Waals surface area (Å²) in [6.07, 6.45) is 0.152. The van der Waals surface area contributed by atoms with Gasteiger partial charge in [0, 0.05) is 11.5 Å². The van der Waals surface area contributed by atoms with Crippen LogP contribution in [0.25, 0.3) is 10.4 Å². The number of azide groups is 1. The molecule has 9 heteroatoms. The summed E-state index contributed by atoms with van der Waals surface area (Å²) in [5.41, 5.74) is 13.5. The summed E-state index contributed by atoms with van der Waals surface area (Å²) >= 11 is 11.2. The fourth-order valence-corrected chi connectivity index (χ4v) is 1.53. The van der Waals surface area contributed by atoms with E-state index in [4.69, 9.17) is 34.5 Å². The normalized spacial score (nSPS) is 11.6. The number of amides is 1. The van der Waals surface area contributed by atoms with Crippen molar-refractivity contribution in [1.82, 2.24) is 0 Å². The number of nitrogens with two attached hydrogens (primary N) is 1. The third-order valence-corrected chi connectivity index (χ3v) is 3.01. The number of benzene rings is 1. The van der Waals surface area contributed by atoms with Crippen LogP contribution in [0.15, 0.2) is 17.2 Å². The summed E-state index contributed by atoms with van der Waals surface area (Å²) < 4.78 is 13.7. The van der Waals surface area contributed by atoms with Gasteiger partial charge < -0.3 is 11.1 Å². The molecule has 0 fully saturated rings. The predicted octanol–water partition coefficient (Wildman–Crippen LogP) is 3.10. The van der Waals surface area contributed by atoms with E-state index in [1.807, 2.05) is 0 Å². The standard InChI is InChI=1S/C10H10Cl2FN5O/c11-5-1-2-7(9(13)8(5)12)17-10(19)6(14)3-4-16-18-15/h1-2,6H,3-4,14H2,(H,17,19)/t6-/m0/s1.